The van der Waals surface area contributed by atoms with Crippen molar-refractivity contribution < 1.29 is 29.4 Å². The van der Waals surface area contributed by atoms with E-state index in [1.165, 1.54) is 77.0 Å². The molecule has 0 bridgehead atoms. The van der Waals surface area contributed by atoms with Gasteiger partial charge in [-0.1, -0.05) is 147 Å². The molecule has 0 rings (SSSR count). The number of aliphatic carboxylic acids is 2. The summed E-state index contributed by atoms with van der Waals surface area (Å²) in [5.41, 5.74) is -3.55. The molecule has 2 N–H and O–H groups in total. The zero-order valence-electron chi connectivity index (χ0n) is 30.3. The van der Waals surface area contributed by atoms with Gasteiger partial charge in [-0.3, -0.25) is 14.4 Å². The summed E-state index contributed by atoms with van der Waals surface area (Å²) in [5.74, 6) is -5.05. The number of carboxylic acids is 2. The summed E-state index contributed by atoms with van der Waals surface area (Å²) in [4.78, 5) is 50.7. The number of carboxylic acid groups (broad SMARTS) is 2. The fourth-order valence-electron chi connectivity index (χ4n) is 6.11. The summed E-state index contributed by atoms with van der Waals surface area (Å²) in [5, 5.41) is 19.6. The van der Waals surface area contributed by atoms with Crippen LogP contribution in [-0.2, 0) is 19.2 Å². The Morgan fingerprint density at radius 3 is 1.02 bits per heavy atom. The summed E-state index contributed by atoms with van der Waals surface area (Å²) in [6.45, 7) is 7.86. The maximum Gasteiger partial charge on any atom is 0.333 e. The first-order valence-corrected chi connectivity index (χ1v) is 19.3. The minimum absolute atomic E-state index is 0.144. The van der Waals surface area contributed by atoms with E-state index in [9.17, 15) is 29.4 Å². The predicted octanol–water partition coefficient (Wildman–Crippen LogP) is 11.9. The smallest absolute Gasteiger partial charge is 0.333 e. The van der Waals surface area contributed by atoms with Gasteiger partial charge < -0.3 is 10.2 Å². The topological polar surface area (TPSA) is 109 Å². The zero-order valence-corrected chi connectivity index (χ0v) is 30.3. The molecule has 0 spiro atoms. The highest BCUT2D eigenvalue weighted by molar-refractivity contribution is 6.28. The third-order valence-electron chi connectivity index (χ3n) is 9.20. The van der Waals surface area contributed by atoms with E-state index in [0.717, 1.165) is 77.0 Å². The molecule has 0 aromatic heterocycles. The third kappa shape index (κ3) is 21.2. The maximum absolute atomic E-state index is 13.2. The summed E-state index contributed by atoms with van der Waals surface area (Å²) in [6, 6.07) is 0. The first kappa shape index (κ1) is 44.5. The van der Waals surface area contributed by atoms with Crippen molar-refractivity contribution in [3.8, 4) is 0 Å². The quantitative estimate of drug-likeness (QED) is 0.0303. The van der Waals surface area contributed by atoms with Crippen LogP contribution in [0.1, 0.15) is 194 Å². The summed E-state index contributed by atoms with van der Waals surface area (Å²) >= 11 is 0. The fraction of sp³-hybridized carbons (Fsp3) is 0.756. The Bertz CT molecular complexity index is 863. The minimum atomic E-state index is -2.70. The number of rotatable bonds is 35. The second-order valence-corrected chi connectivity index (χ2v) is 13.4. The Hall–Kier alpha value is -2.50. The molecule has 0 aromatic rings. The van der Waals surface area contributed by atoms with E-state index in [1.54, 1.807) is 0 Å². The molecule has 0 saturated heterocycles. The molecule has 6 nitrogen and oxygen atoms in total. The lowest BCUT2D eigenvalue weighted by Crippen LogP contribution is -2.49. The Morgan fingerprint density at radius 1 is 0.468 bits per heavy atom. The monoisotopic (exact) mass is 659 g/mol. The van der Waals surface area contributed by atoms with Gasteiger partial charge >= 0.3 is 11.9 Å². The average Bonchev–Trinajstić information content (AvgIpc) is 3.04. The Morgan fingerprint density at radius 2 is 0.745 bits per heavy atom. The second-order valence-electron chi connectivity index (χ2n) is 13.4. The number of hydrogen-bond donors (Lipinski definition) is 2. The van der Waals surface area contributed by atoms with E-state index in [4.69, 9.17) is 0 Å². The van der Waals surface area contributed by atoms with E-state index in [0.29, 0.717) is 12.8 Å². The van der Waals surface area contributed by atoms with Crippen LogP contribution >= 0.6 is 0 Å². The highest BCUT2D eigenvalue weighted by atomic mass is 16.4. The average molecular weight is 659 g/mol. The molecule has 0 aliphatic heterocycles. The van der Waals surface area contributed by atoms with Gasteiger partial charge in [-0.15, -0.1) is 0 Å². The molecule has 0 saturated carbocycles. The Labute approximate surface area is 288 Å². The molecular formula is C41H70O6. The van der Waals surface area contributed by atoms with Crippen molar-refractivity contribution >= 4 is 23.5 Å². The van der Waals surface area contributed by atoms with Crippen molar-refractivity contribution in [1.82, 2.24) is 0 Å². The molecule has 0 unspecified atom stereocenters. The standard InChI is InChI=1S/C41H70O6/c1-4-6-8-10-12-14-16-18-20-22-24-26-28-30-32-34-37(42)41(40(46)47,36(3)39(44)45)38(43)35-33-31-29-27-25-23-21-19-17-15-13-11-9-7-5-2/h18-21H,3-17,22-35H2,1-2H3,(H,44,45)(H,46,47). The predicted molar refractivity (Wildman–Crippen MR) is 196 cm³/mol. The molecule has 0 aliphatic carbocycles. The highest BCUT2D eigenvalue weighted by Crippen LogP contribution is 2.34. The largest absolute Gasteiger partial charge is 0.480 e. The van der Waals surface area contributed by atoms with Gasteiger partial charge in [0.2, 0.25) is 5.41 Å². The first-order chi connectivity index (χ1) is 22.8. The van der Waals surface area contributed by atoms with Crippen molar-refractivity contribution in [3.05, 3.63) is 36.5 Å². The lowest BCUT2D eigenvalue weighted by Gasteiger charge is -2.27. The van der Waals surface area contributed by atoms with Crippen LogP contribution in [0.5, 0.6) is 0 Å². The van der Waals surface area contributed by atoms with E-state index in [1.807, 2.05) is 0 Å². The lowest BCUT2D eigenvalue weighted by molar-refractivity contribution is -0.160. The fourth-order valence-corrected chi connectivity index (χ4v) is 6.11. The molecule has 47 heavy (non-hydrogen) atoms. The first-order valence-electron chi connectivity index (χ1n) is 19.3. The van der Waals surface area contributed by atoms with Crippen LogP contribution in [0, 0.1) is 5.41 Å². The Kier molecular flexibility index (Phi) is 29.2. The highest BCUT2D eigenvalue weighted by Gasteiger charge is 2.55. The van der Waals surface area contributed by atoms with E-state index < -0.39 is 34.5 Å². The SMILES string of the molecule is C=C(C(=O)O)C(C(=O)O)(C(=O)CCCCCCCC=CCCCCCCCC)C(=O)CCCCCCCC=CCCCCCCCC. The van der Waals surface area contributed by atoms with Gasteiger partial charge in [-0.2, -0.15) is 0 Å². The van der Waals surface area contributed by atoms with Gasteiger partial charge in [-0.05, 0) is 64.2 Å². The molecule has 0 aliphatic rings. The van der Waals surface area contributed by atoms with Crippen molar-refractivity contribution in [1.29, 1.82) is 0 Å². The molecule has 0 fully saturated rings. The number of carbonyl (C=O) groups excluding carboxylic acids is 2. The summed E-state index contributed by atoms with van der Waals surface area (Å²) < 4.78 is 0. The van der Waals surface area contributed by atoms with Crippen molar-refractivity contribution in [2.24, 2.45) is 5.41 Å². The molecule has 0 radical (unpaired) electrons. The molecule has 0 amide bonds. The molecule has 270 valence electrons. The van der Waals surface area contributed by atoms with Crippen molar-refractivity contribution in [2.75, 3.05) is 0 Å². The van der Waals surface area contributed by atoms with Crippen LogP contribution in [0.4, 0.5) is 0 Å². The summed E-state index contributed by atoms with van der Waals surface area (Å²) in [7, 11) is 0. The molecule has 0 atom stereocenters. The zero-order chi connectivity index (χ0) is 35.0. The van der Waals surface area contributed by atoms with Crippen LogP contribution < -0.4 is 0 Å². The van der Waals surface area contributed by atoms with E-state index >= 15 is 0 Å². The molecular weight excluding hydrogens is 588 g/mol. The van der Waals surface area contributed by atoms with Crippen LogP contribution in [0.25, 0.3) is 0 Å². The summed E-state index contributed by atoms with van der Waals surface area (Å²) in [6.07, 6.45) is 37.0. The van der Waals surface area contributed by atoms with Crippen molar-refractivity contribution in [2.45, 2.75) is 194 Å². The maximum atomic E-state index is 13.2. The number of Topliss-reactive ketones (excluding diaryl/α,β-unsaturated/α-hetero) is 2. The third-order valence-corrected chi connectivity index (χ3v) is 9.20. The second kappa shape index (κ2) is 30.8. The number of unbranched alkanes of at least 4 members (excludes halogenated alkanes) is 22. The number of carbonyl (C=O) groups is 4. The van der Waals surface area contributed by atoms with Gasteiger partial charge in [0, 0.05) is 12.8 Å². The van der Waals surface area contributed by atoms with Crippen LogP contribution in [0.3, 0.4) is 0 Å². The van der Waals surface area contributed by atoms with Crippen LogP contribution in [0.2, 0.25) is 0 Å². The lowest BCUT2D eigenvalue weighted by atomic mass is 9.70. The number of hydrogen-bond acceptors (Lipinski definition) is 4. The molecule has 6 heteroatoms. The number of allylic oxidation sites excluding steroid dienone is 4. The van der Waals surface area contributed by atoms with Gasteiger partial charge in [0.25, 0.3) is 0 Å². The van der Waals surface area contributed by atoms with Crippen LogP contribution in [0.15, 0.2) is 36.5 Å². The normalized spacial score (nSPS) is 12.9. The van der Waals surface area contributed by atoms with Gasteiger partial charge in [0.1, 0.15) is 0 Å². The van der Waals surface area contributed by atoms with E-state index in [-0.39, 0.29) is 12.8 Å². The van der Waals surface area contributed by atoms with Crippen molar-refractivity contribution in [3.63, 3.8) is 0 Å². The molecule has 0 heterocycles. The van der Waals surface area contributed by atoms with E-state index in [2.05, 4.69) is 44.7 Å². The van der Waals surface area contributed by atoms with Gasteiger partial charge in [-0.25, -0.2) is 4.79 Å². The molecule has 0 aromatic carbocycles. The number of ketones is 2. The van der Waals surface area contributed by atoms with Crippen LogP contribution in [-0.4, -0.2) is 33.7 Å². The Balaban J connectivity index is 4.44. The van der Waals surface area contributed by atoms with Gasteiger partial charge in [0.05, 0.1) is 5.57 Å². The minimum Gasteiger partial charge on any atom is -0.480 e. The van der Waals surface area contributed by atoms with Gasteiger partial charge in [0.15, 0.2) is 11.6 Å².